The summed E-state index contributed by atoms with van der Waals surface area (Å²) < 4.78 is 2.14. The van der Waals surface area contributed by atoms with Crippen LogP contribution in [0.25, 0.3) is 4.96 Å². The van der Waals surface area contributed by atoms with Crippen LogP contribution in [-0.2, 0) is 6.54 Å². The highest BCUT2D eigenvalue weighted by Gasteiger charge is 2.09. The van der Waals surface area contributed by atoms with Gasteiger partial charge in [-0.1, -0.05) is 11.6 Å². The van der Waals surface area contributed by atoms with Gasteiger partial charge in [-0.15, -0.1) is 11.3 Å². The van der Waals surface area contributed by atoms with Crippen molar-refractivity contribution in [3.63, 3.8) is 0 Å². The highest BCUT2D eigenvalue weighted by Crippen LogP contribution is 2.22. The Hall–Kier alpha value is -1.52. The van der Waals surface area contributed by atoms with Crippen molar-refractivity contribution in [1.82, 2.24) is 9.38 Å². The molecule has 1 N–H and O–H groups in total. The Morgan fingerprint density at radius 1 is 1.37 bits per heavy atom. The zero-order valence-electron chi connectivity index (χ0n) is 10.8. The largest absolute Gasteiger partial charge is 0.379 e. The van der Waals surface area contributed by atoms with Crippen molar-refractivity contribution < 1.29 is 0 Å². The smallest absolute Gasteiger partial charge is 0.194 e. The summed E-state index contributed by atoms with van der Waals surface area (Å²) in [6.07, 6.45) is 2.06. The van der Waals surface area contributed by atoms with Gasteiger partial charge in [0.25, 0.3) is 0 Å². The third-order valence-corrected chi connectivity index (χ3v) is 4.19. The first kappa shape index (κ1) is 12.5. The summed E-state index contributed by atoms with van der Waals surface area (Å²) in [5.41, 5.74) is 4.53. The molecule has 0 aliphatic carbocycles. The van der Waals surface area contributed by atoms with Gasteiger partial charge in [-0.3, -0.25) is 4.40 Å². The second-order valence-electron chi connectivity index (χ2n) is 4.51. The van der Waals surface area contributed by atoms with Gasteiger partial charge in [0, 0.05) is 22.3 Å². The molecule has 3 aromatic rings. The number of aromatic nitrogens is 2. The van der Waals surface area contributed by atoms with Crippen LogP contribution in [0.2, 0.25) is 5.02 Å². The maximum absolute atomic E-state index is 5.96. The van der Waals surface area contributed by atoms with Gasteiger partial charge in [-0.05, 0) is 37.6 Å². The molecule has 0 amide bonds. The zero-order chi connectivity index (χ0) is 13.4. The number of fused-ring (bicyclic) bond motifs is 1. The summed E-state index contributed by atoms with van der Waals surface area (Å²) in [5.74, 6) is 0. The zero-order valence-corrected chi connectivity index (χ0v) is 12.3. The fourth-order valence-corrected chi connectivity index (χ4v) is 3.16. The first-order valence-electron chi connectivity index (χ1n) is 6.06. The summed E-state index contributed by atoms with van der Waals surface area (Å²) >= 11 is 7.62. The number of aryl methyl sites for hydroxylation is 2. The molecule has 19 heavy (non-hydrogen) atoms. The van der Waals surface area contributed by atoms with E-state index in [0.717, 1.165) is 33.5 Å². The first-order valence-corrected chi connectivity index (χ1v) is 7.32. The molecule has 2 aromatic heterocycles. The minimum atomic E-state index is 0.756. The third kappa shape index (κ3) is 2.33. The Balaban J connectivity index is 1.85. The van der Waals surface area contributed by atoms with Gasteiger partial charge >= 0.3 is 0 Å². The normalized spacial score (nSPS) is 11.1. The molecule has 0 bridgehead atoms. The van der Waals surface area contributed by atoms with Crippen molar-refractivity contribution in [1.29, 1.82) is 0 Å². The molecule has 1 aromatic carbocycles. The minimum absolute atomic E-state index is 0.756. The Kier molecular flexibility index (Phi) is 3.21. The number of anilines is 1. The summed E-state index contributed by atoms with van der Waals surface area (Å²) in [6, 6.07) is 5.88. The highest BCUT2D eigenvalue weighted by molar-refractivity contribution is 7.15. The lowest BCUT2D eigenvalue weighted by molar-refractivity contribution is 0.992. The minimum Gasteiger partial charge on any atom is -0.379 e. The number of rotatable bonds is 3. The molecule has 0 saturated carbocycles. The van der Waals surface area contributed by atoms with E-state index < -0.39 is 0 Å². The second-order valence-corrected chi connectivity index (χ2v) is 5.82. The van der Waals surface area contributed by atoms with Crippen LogP contribution in [-0.4, -0.2) is 9.38 Å². The third-order valence-electron chi connectivity index (χ3n) is 3.20. The molecule has 98 valence electrons. The molecule has 3 rings (SSSR count). The summed E-state index contributed by atoms with van der Waals surface area (Å²) in [6.45, 7) is 4.86. The molecule has 0 atom stereocenters. The van der Waals surface area contributed by atoms with Gasteiger partial charge in [0.15, 0.2) is 4.96 Å². The predicted molar refractivity (Wildman–Crippen MR) is 81.3 cm³/mol. The monoisotopic (exact) mass is 291 g/mol. The van der Waals surface area contributed by atoms with Crippen LogP contribution >= 0.6 is 22.9 Å². The van der Waals surface area contributed by atoms with E-state index in [1.165, 1.54) is 5.69 Å². The SMILES string of the molecule is Cc1cc(Cl)ccc1NCc1c(C)nc2sccn12. The fraction of sp³-hybridized carbons (Fsp3) is 0.214. The highest BCUT2D eigenvalue weighted by atomic mass is 35.5. The summed E-state index contributed by atoms with van der Waals surface area (Å²) in [7, 11) is 0. The van der Waals surface area contributed by atoms with Crippen molar-refractivity contribution >= 4 is 33.6 Å². The molecule has 3 nitrogen and oxygen atoms in total. The van der Waals surface area contributed by atoms with Crippen LogP contribution in [0.1, 0.15) is 17.0 Å². The van der Waals surface area contributed by atoms with Crippen LogP contribution < -0.4 is 5.32 Å². The van der Waals surface area contributed by atoms with E-state index in [1.54, 1.807) is 11.3 Å². The van der Waals surface area contributed by atoms with Crippen LogP contribution in [0.15, 0.2) is 29.8 Å². The molecule has 0 unspecified atom stereocenters. The van der Waals surface area contributed by atoms with Crippen molar-refractivity contribution in [2.45, 2.75) is 20.4 Å². The number of halogens is 1. The topological polar surface area (TPSA) is 29.3 Å². The molecule has 0 spiro atoms. The van der Waals surface area contributed by atoms with Gasteiger partial charge in [0.2, 0.25) is 0 Å². The molecular formula is C14H14ClN3S. The van der Waals surface area contributed by atoms with Gasteiger partial charge < -0.3 is 5.32 Å². The standard InChI is InChI=1S/C14H14ClN3S/c1-9-7-11(15)3-4-12(9)16-8-13-10(2)17-14-18(13)5-6-19-14/h3-7,16H,8H2,1-2H3. The number of imidazole rings is 1. The number of hydrogen-bond acceptors (Lipinski definition) is 3. The fourth-order valence-electron chi connectivity index (χ4n) is 2.16. The van der Waals surface area contributed by atoms with Crippen molar-refractivity contribution in [2.24, 2.45) is 0 Å². The maximum Gasteiger partial charge on any atom is 0.194 e. The lowest BCUT2D eigenvalue weighted by Gasteiger charge is -2.10. The van der Waals surface area contributed by atoms with Gasteiger partial charge in [0.05, 0.1) is 17.9 Å². The molecular weight excluding hydrogens is 278 g/mol. The Morgan fingerprint density at radius 3 is 3.00 bits per heavy atom. The second kappa shape index (κ2) is 4.87. The van der Waals surface area contributed by atoms with Crippen molar-refractivity contribution in [3.05, 3.63) is 51.7 Å². The molecule has 0 aliphatic rings. The number of thiazole rings is 1. The van der Waals surface area contributed by atoms with E-state index in [4.69, 9.17) is 11.6 Å². The van der Waals surface area contributed by atoms with E-state index in [0.29, 0.717) is 0 Å². The van der Waals surface area contributed by atoms with Crippen molar-refractivity contribution in [2.75, 3.05) is 5.32 Å². The van der Waals surface area contributed by atoms with Gasteiger partial charge in [-0.2, -0.15) is 0 Å². The lowest BCUT2D eigenvalue weighted by atomic mass is 10.2. The van der Waals surface area contributed by atoms with E-state index in [1.807, 2.05) is 25.1 Å². The Morgan fingerprint density at radius 2 is 2.21 bits per heavy atom. The average Bonchev–Trinajstić information content (AvgIpc) is 2.90. The maximum atomic E-state index is 5.96. The quantitative estimate of drug-likeness (QED) is 0.780. The molecule has 2 heterocycles. The molecule has 0 fully saturated rings. The summed E-state index contributed by atoms with van der Waals surface area (Å²) in [5, 5.41) is 6.27. The van der Waals surface area contributed by atoms with E-state index in [2.05, 4.69) is 33.2 Å². The van der Waals surface area contributed by atoms with Gasteiger partial charge in [0.1, 0.15) is 0 Å². The van der Waals surface area contributed by atoms with Crippen LogP contribution in [0.3, 0.4) is 0 Å². The molecule has 0 aliphatic heterocycles. The molecule has 0 radical (unpaired) electrons. The van der Waals surface area contributed by atoms with Crippen molar-refractivity contribution in [3.8, 4) is 0 Å². The number of nitrogens with one attached hydrogen (secondary N) is 1. The van der Waals surface area contributed by atoms with E-state index >= 15 is 0 Å². The lowest BCUT2D eigenvalue weighted by Crippen LogP contribution is -2.04. The molecule has 5 heteroatoms. The van der Waals surface area contributed by atoms with Crippen LogP contribution in [0.5, 0.6) is 0 Å². The van der Waals surface area contributed by atoms with Crippen LogP contribution in [0, 0.1) is 13.8 Å². The number of benzene rings is 1. The summed E-state index contributed by atoms with van der Waals surface area (Å²) in [4.78, 5) is 5.59. The Bertz CT molecular complexity index is 729. The van der Waals surface area contributed by atoms with Crippen LogP contribution in [0.4, 0.5) is 5.69 Å². The van der Waals surface area contributed by atoms with E-state index in [9.17, 15) is 0 Å². The first-order chi connectivity index (χ1) is 9.15. The van der Waals surface area contributed by atoms with E-state index in [-0.39, 0.29) is 0 Å². The number of nitrogens with zero attached hydrogens (tertiary/aromatic N) is 2. The Labute approximate surface area is 120 Å². The number of hydrogen-bond donors (Lipinski definition) is 1. The van der Waals surface area contributed by atoms with Gasteiger partial charge in [-0.25, -0.2) is 4.98 Å². The average molecular weight is 292 g/mol. The molecule has 0 saturated heterocycles. The predicted octanol–water partition coefficient (Wildman–Crippen LogP) is 4.28.